The number of hydrogen-bond acceptors (Lipinski definition) is 2. The van der Waals surface area contributed by atoms with Gasteiger partial charge in [-0.15, -0.1) is 0 Å². The summed E-state index contributed by atoms with van der Waals surface area (Å²) >= 11 is 6.03. The van der Waals surface area contributed by atoms with Crippen molar-refractivity contribution >= 4 is 29.0 Å². The number of nitrogens with zero attached hydrogens (tertiary/aromatic N) is 1. The number of ketones is 1. The molecule has 3 nitrogen and oxygen atoms in total. The molecule has 2 aliphatic rings. The second kappa shape index (κ2) is 5.45. The van der Waals surface area contributed by atoms with Crippen LogP contribution in [-0.2, 0) is 9.59 Å². The molecule has 21 heavy (non-hydrogen) atoms. The molecule has 1 heterocycles. The molecular formula is C17H20ClNO2. The number of halogens is 1. The molecule has 1 aromatic rings. The highest BCUT2D eigenvalue weighted by Gasteiger charge is 2.50. The van der Waals surface area contributed by atoms with Gasteiger partial charge in [-0.25, -0.2) is 0 Å². The lowest BCUT2D eigenvalue weighted by Crippen LogP contribution is -2.39. The molecule has 2 fully saturated rings. The third-order valence-corrected chi connectivity index (χ3v) is 5.29. The zero-order valence-electron chi connectivity index (χ0n) is 12.3. The molecule has 1 saturated heterocycles. The number of hydrogen-bond donors (Lipinski definition) is 0. The Bertz CT molecular complexity index is 586. The Morgan fingerprint density at radius 1 is 1.38 bits per heavy atom. The summed E-state index contributed by atoms with van der Waals surface area (Å²) in [5.74, 6) is 0.459. The monoisotopic (exact) mass is 305 g/mol. The number of rotatable bonds is 2. The number of benzene rings is 1. The van der Waals surface area contributed by atoms with Crippen molar-refractivity contribution in [3.05, 3.63) is 29.3 Å². The lowest BCUT2D eigenvalue weighted by Gasteiger charge is -2.35. The van der Waals surface area contributed by atoms with Gasteiger partial charge in [0.05, 0.1) is 5.41 Å². The lowest BCUT2D eigenvalue weighted by atomic mass is 9.68. The van der Waals surface area contributed by atoms with Crippen LogP contribution in [0.5, 0.6) is 0 Å². The van der Waals surface area contributed by atoms with E-state index in [9.17, 15) is 9.59 Å². The van der Waals surface area contributed by atoms with E-state index in [1.54, 1.807) is 6.92 Å². The Balaban J connectivity index is 1.84. The predicted molar refractivity (Wildman–Crippen MR) is 83.5 cm³/mol. The molecule has 0 radical (unpaired) electrons. The summed E-state index contributed by atoms with van der Waals surface area (Å²) in [5, 5.41) is 0.645. The minimum atomic E-state index is -0.323. The first-order valence-corrected chi connectivity index (χ1v) is 7.98. The minimum Gasteiger partial charge on any atom is -0.312 e. The maximum atomic E-state index is 12.9. The fourth-order valence-electron chi connectivity index (χ4n) is 3.84. The second-order valence-electron chi connectivity index (χ2n) is 6.37. The minimum absolute atomic E-state index is 0.0574. The smallest absolute Gasteiger partial charge is 0.233 e. The van der Waals surface area contributed by atoms with Crippen molar-refractivity contribution in [1.29, 1.82) is 0 Å². The molecule has 1 aliphatic carbocycles. The fraction of sp³-hybridized carbons (Fsp3) is 0.529. The topological polar surface area (TPSA) is 37.4 Å². The molecule has 0 aromatic heterocycles. The normalized spacial score (nSPS) is 29.1. The zero-order chi connectivity index (χ0) is 15.0. The number of Topliss-reactive ketones (excluding diaryl/α,β-unsaturated/α-hetero) is 1. The van der Waals surface area contributed by atoms with E-state index < -0.39 is 0 Å². The SMILES string of the molecule is CC(=O)[C@@H]1CCC[C@]2(CCN(c3cccc(Cl)c3)C2=O)C1. The van der Waals surface area contributed by atoms with Gasteiger partial charge in [-0.1, -0.05) is 24.1 Å². The molecule has 0 unspecified atom stereocenters. The van der Waals surface area contributed by atoms with E-state index in [-0.39, 0.29) is 23.0 Å². The standard InChI is InChI=1S/C17H20ClNO2/c1-12(20)13-4-3-7-17(11-13)8-9-19(16(17)21)15-6-2-5-14(18)10-15/h2,5-6,10,13H,3-4,7-9,11H2,1H3/t13-,17+/m1/s1. The van der Waals surface area contributed by atoms with E-state index in [4.69, 9.17) is 11.6 Å². The molecule has 0 bridgehead atoms. The highest BCUT2D eigenvalue weighted by molar-refractivity contribution is 6.31. The van der Waals surface area contributed by atoms with E-state index in [0.717, 1.165) is 44.3 Å². The van der Waals surface area contributed by atoms with Gasteiger partial charge in [0.15, 0.2) is 0 Å². The van der Waals surface area contributed by atoms with Crippen molar-refractivity contribution in [2.75, 3.05) is 11.4 Å². The maximum absolute atomic E-state index is 12.9. The summed E-state index contributed by atoms with van der Waals surface area (Å²) in [5.41, 5.74) is 0.547. The molecule has 1 aromatic carbocycles. The summed E-state index contributed by atoms with van der Waals surface area (Å²) in [4.78, 5) is 26.5. The van der Waals surface area contributed by atoms with Crippen LogP contribution in [-0.4, -0.2) is 18.2 Å². The van der Waals surface area contributed by atoms with Gasteiger partial charge in [-0.05, 0) is 50.8 Å². The number of carbonyl (C=O) groups is 2. The summed E-state index contributed by atoms with van der Waals surface area (Å²) in [6.07, 6.45) is 4.38. The Hall–Kier alpha value is -1.35. The van der Waals surface area contributed by atoms with Crippen LogP contribution in [0.1, 0.15) is 39.0 Å². The van der Waals surface area contributed by atoms with E-state index in [0.29, 0.717) is 5.02 Å². The predicted octanol–water partition coefficient (Wildman–Crippen LogP) is 3.84. The van der Waals surface area contributed by atoms with Crippen molar-refractivity contribution < 1.29 is 9.59 Å². The average molecular weight is 306 g/mol. The van der Waals surface area contributed by atoms with Crippen LogP contribution >= 0.6 is 11.6 Å². The average Bonchev–Trinajstić information content (AvgIpc) is 2.76. The van der Waals surface area contributed by atoms with Crippen molar-refractivity contribution in [2.24, 2.45) is 11.3 Å². The first-order chi connectivity index (χ1) is 10.0. The summed E-state index contributed by atoms with van der Waals surface area (Å²) in [6, 6.07) is 7.45. The number of anilines is 1. The molecule has 1 aliphatic heterocycles. The van der Waals surface area contributed by atoms with Crippen LogP contribution in [0.4, 0.5) is 5.69 Å². The highest BCUT2D eigenvalue weighted by Crippen LogP contribution is 2.48. The quantitative estimate of drug-likeness (QED) is 0.832. The van der Waals surface area contributed by atoms with Gasteiger partial charge in [0, 0.05) is 23.2 Å². The van der Waals surface area contributed by atoms with Crippen LogP contribution in [0.15, 0.2) is 24.3 Å². The van der Waals surface area contributed by atoms with Crippen LogP contribution in [0, 0.1) is 11.3 Å². The van der Waals surface area contributed by atoms with E-state index >= 15 is 0 Å². The van der Waals surface area contributed by atoms with Gasteiger partial charge < -0.3 is 4.90 Å². The third-order valence-electron chi connectivity index (χ3n) is 5.05. The van der Waals surface area contributed by atoms with Gasteiger partial charge in [0.2, 0.25) is 5.91 Å². The molecule has 1 saturated carbocycles. The Morgan fingerprint density at radius 3 is 2.90 bits per heavy atom. The Kier molecular flexibility index (Phi) is 3.78. The first kappa shape index (κ1) is 14.6. The van der Waals surface area contributed by atoms with Crippen molar-refractivity contribution in [3.63, 3.8) is 0 Å². The zero-order valence-corrected chi connectivity index (χ0v) is 13.0. The van der Waals surface area contributed by atoms with E-state index in [1.165, 1.54) is 0 Å². The molecule has 0 N–H and O–H groups in total. The molecule has 112 valence electrons. The molecule has 4 heteroatoms. The highest BCUT2D eigenvalue weighted by atomic mass is 35.5. The van der Waals surface area contributed by atoms with Crippen molar-refractivity contribution in [3.8, 4) is 0 Å². The molecular weight excluding hydrogens is 286 g/mol. The van der Waals surface area contributed by atoms with Crippen LogP contribution < -0.4 is 4.90 Å². The van der Waals surface area contributed by atoms with E-state index in [1.807, 2.05) is 29.2 Å². The molecule has 2 atom stereocenters. The fourth-order valence-corrected chi connectivity index (χ4v) is 4.03. The summed E-state index contributed by atoms with van der Waals surface area (Å²) < 4.78 is 0. The first-order valence-electron chi connectivity index (χ1n) is 7.60. The van der Waals surface area contributed by atoms with Gasteiger partial charge in [-0.3, -0.25) is 9.59 Å². The Morgan fingerprint density at radius 2 is 2.19 bits per heavy atom. The van der Waals surface area contributed by atoms with Crippen molar-refractivity contribution in [1.82, 2.24) is 0 Å². The van der Waals surface area contributed by atoms with Gasteiger partial charge in [-0.2, -0.15) is 0 Å². The van der Waals surface area contributed by atoms with Gasteiger partial charge >= 0.3 is 0 Å². The van der Waals surface area contributed by atoms with E-state index in [2.05, 4.69) is 0 Å². The molecule has 3 rings (SSSR count). The van der Waals surface area contributed by atoms with Gasteiger partial charge in [0.25, 0.3) is 0 Å². The Labute approximate surface area is 130 Å². The third kappa shape index (κ3) is 2.59. The molecule has 1 amide bonds. The lowest BCUT2D eigenvalue weighted by molar-refractivity contribution is -0.130. The molecule has 1 spiro atoms. The van der Waals surface area contributed by atoms with Crippen LogP contribution in [0.3, 0.4) is 0 Å². The van der Waals surface area contributed by atoms with Crippen molar-refractivity contribution in [2.45, 2.75) is 39.0 Å². The number of carbonyl (C=O) groups excluding carboxylic acids is 2. The largest absolute Gasteiger partial charge is 0.312 e. The summed E-state index contributed by atoms with van der Waals surface area (Å²) in [6.45, 7) is 2.38. The maximum Gasteiger partial charge on any atom is 0.233 e. The second-order valence-corrected chi connectivity index (χ2v) is 6.81. The van der Waals surface area contributed by atoms with Gasteiger partial charge in [0.1, 0.15) is 5.78 Å². The summed E-state index contributed by atoms with van der Waals surface area (Å²) in [7, 11) is 0. The van der Waals surface area contributed by atoms with Crippen LogP contribution in [0.25, 0.3) is 0 Å². The number of amides is 1. The van der Waals surface area contributed by atoms with Crippen LogP contribution in [0.2, 0.25) is 5.02 Å².